The van der Waals surface area contributed by atoms with Gasteiger partial charge in [0, 0.05) is 31.4 Å². The second-order valence-electron chi connectivity index (χ2n) is 4.44. The van der Waals surface area contributed by atoms with Crippen LogP contribution in [0.15, 0.2) is 24.3 Å². The largest absolute Gasteiger partial charge is 0.367 e. The molecule has 2 heterocycles. The molecule has 0 saturated carbocycles. The van der Waals surface area contributed by atoms with Crippen LogP contribution in [0.2, 0.25) is 0 Å². The lowest BCUT2D eigenvalue weighted by Crippen LogP contribution is -2.33. The number of rotatable bonds is 1. The zero-order valence-corrected chi connectivity index (χ0v) is 8.62. The minimum Gasteiger partial charge on any atom is -0.367 e. The summed E-state index contributed by atoms with van der Waals surface area (Å²) >= 11 is 0. The number of hydrogen-bond acceptors (Lipinski definition) is 2. The highest BCUT2D eigenvalue weighted by Crippen LogP contribution is 2.31. The molecule has 2 aliphatic rings. The number of anilines is 1. The minimum atomic E-state index is -0.154. The molecule has 3 heteroatoms. The molecule has 0 spiro atoms. The molecule has 1 aromatic carbocycles. The molecule has 80 valence electrons. The average Bonchev–Trinajstić information content (AvgIpc) is 2.80. The molecule has 2 atom stereocenters. The van der Waals surface area contributed by atoms with E-state index in [1.54, 1.807) is 12.1 Å². The van der Waals surface area contributed by atoms with Crippen LogP contribution < -0.4 is 10.2 Å². The molecule has 2 fully saturated rings. The second-order valence-corrected chi connectivity index (χ2v) is 4.44. The van der Waals surface area contributed by atoms with Gasteiger partial charge in [0.1, 0.15) is 5.82 Å². The van der Waals surface area contributed by atoms with Gasteiger partial charge < -0.3 is 10.2 Å². The lowest BCUT2D eigenvalue weighted by molar-refractivity contribution is 0.578. The summed E-state index contributed by atoms with van der Waals surface area (Å²) in [5.41, 5.74) is 1.16. The average molecular weight is 206 g/mol. The number of nitrogens with one attached hydrogen (secondary N) is 1. The Morgan fingerprint density at radius 3 is 2.80 bits per heavy atom. The Bertz CT molecular complexity index is 349. The number of benzene rings is 1. The van der Waals surface area contributed by atoms with Crippen molar-refractivity contribution < 1.29 is 4.39 Å². The summed E-state index contributed by atoms with van der Waals surface area (Å²) in [4.78, 5) is 2.41. The quantitative estimate of drug-likeness (QED) is 0.751. The van der Waals surface area contributed by atoms with Crippen molar-refractivity contribution >= 4 is 5.69 Å². The highest BCUT2D eigenvalue weighted by atomic mass is 19.1. The Morgan fingerprint density at radius 1 is 1.20 bits per heavy atom. The molecule has 0 aromatic heterocycles. The van der Waals surface area contributed by atoms with Crippen molar-refractivity contribution in [2.75, 3.05) is 24.5 Å². The maximum atomic E-state index is 12.8. The van der Waals surface area contributed by atoms with Crippen LogP contribution in [0.3, 0.4) is 0 Å². The van der Waals surface area contributed by atoms with Crippen molar-refractivity contribution in [1.82, 2.24) is 5.32 Å². The lowest BCUT2D eigenvalue weighted by Gasteiger charge is -2.25. The molecule has 2 saturated heterocycles. The van der Waals surface area contributed by atoms with E-state index >= 15 is 0 Å². The van der Waals surface area contributed by atoms with Gasteiger partial charge in [0.2, 0.25) is 0 Å². The summed E-state index contributed by atoms with van der Waals surface area (Å²) in [6, 6.07) is 7.48. The third kappa shape index (κ3) is 1.51. The topological polar surface area (TPSA) is 15.3 Å². The zero-order valence-electron chi connectivity index (χ0n) is 8.62. The Labute approximate surface area is 89.1 Å². The van der Waals surface area contributed by atoms with Crippen molar-refractivity contribution in [3.8, 4) is 0 Å². The second kappa shape index (κ2) is 3.49. The Morgan fingerprint density at radius 2 is 2.00 bits per heavy atom. The van der Waals surface area contributed by atoms with Crippen LogP contribution in [0.25, 0.3) is 0 Å². The van der Waals surface area contributed by atoms with Gasteiger partial charge in [0.25, 0.3) is 0 Å². The first-order chi connectivity index (χ1) is 7.34. The number of hydrogen-bond donors (Lipinski definition) is 1. The highest BCUT2D eigenvalue weighted by molar-refractivity contribution is 5.49. The van der Waals surface area contributed by atoms with E-state index in [0.29, 0.717) is 6.04 Å². The van der Waals surface area contributed by atoms with Crippen molar-refractivity contribution in [1.29, 1.82) is 0 Å². The van der Waals surface area contributed by atoms with Gasteiger partial charge in [-0.05, 0) is 36.6 Å². The van der Waals surface area contributed by atoms with Gasteiger partial charge in [-0.2, -0.15) is 0 Å². The first-order valence-electron chi connectivity index (χ1n) is 5.57. The maximum Gasteiger partial charge on any atom is 0.123 e. The number of nitrogens with zero attached hydrogens (tertiary/aromatic N) is 1. The van der Waals surface area contributed by atoms with E-state index in [1.807, 2.05) is 12.1 Å². The summed E-state index contributed by atoms with van der Waals surface area (Å²) in [7, 11) is 0. The van der Waals surface area contributed by atoms with Gasteiger partial charge in [0.05, 0.1) is 0 Å². The SMILES string of the molecule is Fc1ccc(N2CCC3CNCC32)cc1. The van der Waals surface area contributed by atoms with Gasteiger partial charge >= 0.3 is 0 Å². The maximum absolute atomic E-state index is 12.8. The molecule has 2 aliphatic heterocycles. The summed E-state index contributed by atoms with van der Waals surface area (Å²) < 4.78 is 12.8. The van der Waals surface area contributed by atoms with E-state index in [1.165, 1.54) is 6.42 Å². The number of fused-ring (bicyclic) bond motifs is 1. The molecule has 0 radical (unpaired) electrons. The zero-order chi connectivity index (χ0) is 10.3. The fourth-order valence-electron chi connectivity index (χ4n) is 2.80. The molecule has 0 bridgehead atoms. The fourth-order valence-corrected chi connectivity index (χ4v) is 2.80. The molecule has 0 aliphatic carbocycles. The Kier molecular flexibility index (Phi) is 2.13. The van der Waals surface area contributed by atoms with Crippen LogP contribution in [0, 0.1) is 11.7 Å². The van der Waals surface area contributed by atoms with Crippen LogP contribution in [-0.4, -0.2) is 25.7 Å². The van der Waals surface area contributed by atoms with Crippen LogP contribution in [0.5, 0.6) is 0 Å². The summed E-state index contributed by atoms with van der Waals surface area (Å²) in [6.07, 6.45) is 1.26. The molecular formula is C12H15FN2. The standard InChI is InChI=1S/C12H15FN2/c13-10-1-3-11(4-2-10)15-6-5-9-7-14-8-12(9)15/h1-4,9,12,14H,5-8H2. The van der Waals surface area contributed by atoms with Gasteiger partial charge in [0.15, 0.2) is 0 Å². The van der Waals surface area contributed by atoms with Crippen LogP contribution in [0.4, 0.5) is 10.1 Å². The number of halogens is 1. The monoisotopic (exact) mass is 206 g/mol. The van der Waals surface area contributed by atoms with Crippen molar-refractivity contribution in [3.05, 3.63) is 30.1 Å². The Hall–Kier alpha value is -1.09. The van der Waals surface area contributed by atoms with E-state index in [9.17, 15) is 4.39 Å². The fraction of sp³-hybridized carbons (Fsp3) is 0.500. The van der Waals surface area contributed by atoms with Crippen molar-refractivity contribution in [3.63, 3.8) is 0 Å². The normalized spacial score (nSPS) is 29.5. The van der Waals surface area contributed by atoms with Crippen molar-refractivity contribution in [2.24, 2.45) is 5.92 Å². The van der Waals surface area contributed by atoms with Crippen LogP contribution >= 0.6 is 0 Å². The summed E-state index contributed by atoms with van der Waals surface area (Å²) in [5.74, 6) is 0.633. The molecule has 2 nitrogen and oxygen atoms in total. The lowest BCUT2D eigenvalue weighted by atomic mass is 10.1. The third-order valence-electron chi connectivity index (χ3n) is 3.60. The molecule has 15 heavy (non-hydrogen) atoms. The molecule has 0 amide bonds. The van der Waals surface area contributed by atoms with Gasteiger partial charge in [-0.3, -0.25) is 0 Å². The Balaban J connectivity index is 1.85. The predicted molar refractivity (Wildman–Crippen MR) is 58.5 cm³/mol. The van der Waals surface area contributed by atoms with Crippen LogP contribution in [-0.2, 0) is 0 Å². The van der Waals surface area contributed by atoms with Gasteiger partial charge in [-0.1, -0.05) is 0 Å². The summed E-state index contributed by atoms with van der Waals surface area (Å²) in [5, 5.41) is 3.42. The smallest absolute Gasteiger partial charge is 0.123 e. The van der Waals surface area contributed by atoms with E-state index in [0.717, 1.165) is 31.2 Å². The van der Waals surface area contributed by atoms with E-state index in [4.69, 9.17) is 0 Å². The molecule has 1 aromatic rings. The van der Waals surface area contributed by atoms with E-state index in [2.05, 4.69) is 10.2 Å². The molecular weight excluding hydrogens is 191 g/mol. The first kappa shape index (κ1) is 9.16. The predicted octanol–water partition coefficient (Wildman–Crippen LogP) is 1.62. The summed E-state index contributed by atoms with van der Waals surface area (Å²) in [6.45, 7) is 3.33. The van der Waals surface area contributed by atoms with Gasteiger partial charge in [-0.25, -0.2) is 4.39 Å². The van der Waals surface area contributed by atoms with Crippen molar-refractivity contribution in [2.45, 2.75) is 12.5 Å². The van der Waals surface area contributed by atoms with E-state index < -0.39 is 0 Å². The van der Waals surface area contributed by atoms with E-state index in [-0.39, 0.29) is 5.82 Å². The molecule has 3 rings (SSSR count). The minimum absolute atomic E-state index is 0.154. The third-order valence-corrected chi connectivity index (χ3v) is 3.60. The van der Waals surface area contributed by atoms with Crippen LogP contribution in [0.1, 0.15) is 6.42 Å². The molecule has 2 unspecified atom stereocenters. The highest BCUT2D eigenvalue weighted by Gasteiger charge is 2.37. The van der Waals surface area contributed by atoms with Gasteiger partial charge in [-0.15, -0.1) is 0 Å². The first-order valence-corrected chi connectivity index (χ1v) is 5.57. The molecule has 1 N–H and O–H groups in total.